The van der Waals surface area contributed by atoms with E-state index >= 15 is 9.18 Å². The number of ether oxygens (including phenoxy) is 1. The number of phenols is 1. The van der Waals surface area contributed by atoms with Crippen LogP contribution in [0.25, 0.3) is 0 Å². The van der Waals surface area contributed by atoms with Crippen LogP contribution in [0.15, 0.2) is 103 Å². The number of carbonyl (C=O) groups is 4. The molecular weight excluding hydrogens is 708 g/mol. The lowest BCUT2D eigenvalue weighted by Gasteiger charge is -2.50. The maximum atomic E-state index is 15.3. The third kappa shape index (κ3) is 5.10. The summed E-state index contributed by atoms with van der Waals surface area (Å²) in [5.74, 6) is -6.93. The number of allylic oxidation sites excluding steroid dienone is 2. The van der Waals surface area contributed by atoms with Gasteiger partial charge in [-0.2, -0.15) is 5.01 Å². The van der Waals surface area contributed by atoms with E-state index in [4.69, 9.17) is 27.9 Å². The average molecular weight is 741 g/mol. The summed E-state index contributed by atoms with van der Waals surface area (Å²) in [6, 6.07) is 24.6. The molecule has 6 atom stereocenters. The molecular formula is C40H32Cl2FN3O6. The lowest BCUT2D eigenvalue weighted by Crippen LogP contribution is -2.53. The molecule has 0 aromatic heterocycles. The molecule has 0 spiro atoms. The number of carbonyl (C=O) groups excluding carboxylic acids is 4. The standard InChI is InChI=1S/C40H32Cl2FN3O6/c1-52-25-11-8-23(9-12-25)40-29(37(49)46(39(40)51)44-32-15-10-24(41)18-30(32)42)19-28-26(35(40)22-7-16-33(47)31(43)17-22)13-14-27-34(28)38(50)45(36(27)48)20-21-5-3-2-4-6-21/h2-13,15-18,27-29,34-35,44,47H,14,19-20H2,1H3/t27-,28+,29-,34-,35-,40+/m0/s1. The number of aromatic hydroxyl groups is 1. The molecule has 2 saturated heterocycles. The van der Waals surface area contributed by atoms with Gasteiger partial charge in [0.2, 0.25) is 11.8 Å². The number of hydrogen-bond donors (Lipinski definition) is 2. The summed E-state index contributed by atoms with van der Waals surface area (Å²) in [4.78, 5) is 59.6. The number of anilines is 1. The largest absolute Gasteiger partial charge is 0.505 e. The molecule has 52 heavy (non-hydrogen) atoms. The number of likely N-dealkylation sites (tertiary alicyclic amines) is 1. The first kappa shape index (κ1) is 33.9. The Morgan fingerprint density at radius 1 is 0.904 bits per heavy atom. The summed E-state index contributed by atoms with van der Waals surface area (Å²) in [6.45, 7) is 0.107. The fraction of sp³-hybridized carbons (Fsp3) is 0.250. The maximum Gasteiger partial charge on any atom is 0.260 e. The second-order valence-corrected chi connectivity index (χ2v) is 14.5. The highest BCUT2D eigenvalue weighted by atomic mass is 35.5. The molecule has 2 heterocycles. The third-order valence-electron chi connectivity index (χ3n) is 11.2. The van der Waals surface area contributed by atoms with E-state index in [1.807, 2.05) is 36.4 Å². The molecule has 0 unspecified atom stereocenters. The SMILES string of the molecule is COc1ccc([C@@]23C(=O)N(Nc4ccc(Cl)cc4Cl)C(=O)[C@@H]2C[C@@H]2C(=CC[C@@H]4C(=O)N(Cc5ccccc5)C(=O)[C@@H]42)[C@@H]3c2ccc(O)c(F)c2)cc1. The molecule has 2 N–H and O–H groups in total. The lowest BCUT2D eigenvalue weighted by molar-refractivity contribution is -0.142. The molecule has 4 aromatic carbocycles. The number of nitrogens with zero attached hydrogens (tertiary/aromatic N) is 2. The van der Waals surface area contributed by atoms with Crippen molar-refractivity contribution >= 4 is 52.5 Å². The molecule has 3 fully saturated rings. The predicted octanol–water partition coefficient (Wildman–Crippen LogP) is 7.03. The van der Waals surface area contributed by atoms with Crippen molar-refractivity contribution in [2.75, 3.05) is 12.5 Å². The van der Waals surface area contributed by atoms with Crippen molar-refractivity contribution in [1.82, 2.24) is 9.91 Å². The number of hydrogen-bond acceptors (Lipinski definition) is 7. The minimum absolute atomic E-state index is 0.0609. The van der Waals surface area contributed by atoms with Gasteiger partial charge in [-0.25, -0.2) is 4.39 Å². The van der Waals surface area contributed by atoms with E-state index in [1.54, 1.807) is 36.4 Å². The Labute approximate surface area is 308 Å². The first-order chi connectivity index (χ1) is 25.0. The number of phenolic OH excluding ortho intramolecular Hbond substituents is 1. The maximum absolute atomic E-state index is 15.3. The van der Waals surface area contributed by atoms with Gasteiger partial charge in [0.1, 0.15) is 5.75 Å². The van der Waals surface area contributed by atoms with Crippen LogP contribution in [0.1, 0.15) is 35.4 Å². The quantitative estimate of drug-likeness (QED) is 0.154. The van der Waals surface area contributed by atoms with Crippen LogP contribution in [0.3, 0.4) is 0 Å². The molecule has 8 rings (SSSR count). The van der Waals surface area contributed by atoms with E-state index in [9.17, 15) is 19.5 Å². The number of imide groups is 2. The van der Waals surface area contributed by atoms with Crippen LogP contribution in [0.2, 0.25) is 10.0 Å². The van der Waals surface area contributed by atoms with Gasteiger partial charge >= 0.3 is 0 Å². The molecule has 1 saturated carbocycles. The number of halogens is 3. The Bertz CT molecular complexity index is 2180. The van der Waals surface area contributed by atoms with Gasteiger partial charge in [0, 0.05) is 10.9 Å². The lowest BCUT2D eigenvalue weighted by atomic mass is 9.49. The summed E-state index contributed by atoms with van der Waals surface area (Å²) in [7, 11) is 1.51. The van der Waals surface area contributed by atoms with E-state index < -0.39 is 58.4 Å². The van der Waals surface area contributed by atoms with Gasteiger partial charge in [-0.1, -0.05) is 83.4 Å². The Hall–Kier alpha value is -5.19. The number of benzene rings is 4. The molecule has 9 nitrogen and oxygen atoms in total. The van der Waals surface area contributed by atoms with Crippen LogP contribution in [-0.2, 0) is 31.1 Å². The van der Waals surface area contributed by atoms with Crippen LogP contribution < -0.4 is 10.2 Å². The van der Waals surface area contributed by atoms with E-state index in [2.05, 4.69) is 5.43 Å². The summed E-state index contributed by atoms with van der Waals surface area (Å²) in [6.07, 6.45) is 2.17. The van der Waals surface area contributed by atoms with Gasteiger partial charge in [0.25, 0.3) is 11.8 Å². The smallest absolute Gasteiger partial charge is 0.260 e. The molecule has 264 valence electrons. The zero-order chi connectivity index (χ0) is 36.5. The zero-order valence-electron chi connectivity index (χ0n) is 27.8. The molecule has 2 aliphatic heterocycles. The first-order valence-corrected chi connectivity index (χ1v) is 17.6. The molecule has 4 aliphatic rings. The van der Waals surface area contributed by atoms with Crippen molar-refractivity contribution in [2.24, 2.45) is 23.7 Å². The molecule has 4 amide bonds. The third-order valence-corrected chi connectivity index (χ3v) is 11.7. The van der Waals surface area contributed by atoms with E-state index in [0.29, 0.717) is 27.5 Å². The monoisotopic (exact) mass is 739 g/mol. The zero-order valence-corrected chi connectivity index (χ0v) is 29.3. The van der Waals surface area contributed by atoms with Crippen molar-refractivity contribution in [3.8, 4) is 11.5 Å². The van der Waals surface area contributed by atoms with Crippen molar-refractivity contribution < 1.29 is 33.4 Å². The normalized spacial score (nSPS) is 26.5. The fourth-order valence-corrected chi connectivity index (χ4v) is 9.36. The number of nitrogens with one attached hydrogen (secondary N) is 1. The van der Waals surface area contributed by atoms with Crippen molar-refractivity contribution in [1.29, 1.82) is 0 Å². The van der Waals surface area contributed by atoms with Gasteiger partial charge in [-0.15, -0.1) is 0 Å². The Morgan fingerprint density at radius 2 is 1.65 bits per heavy atom. The highest BCUT2D eigenvalue weighted by Gasteiger charge is 2.70. The number of amides is 4. The van der Waals surface area contributed by atoms with Crippen LogP contribution in [-0.4, -0.2) is 45.8 Å². The summed E-state index contributed by atoms with van der Waals surface area (Å²) in [5, 5.41) is 11.7. The number of methoxy groups -OCH3 is 1. The molecule has 12 heteroatoms. The minimum Gasteiger partial charge on any atom is -0.505 e. The molecule has 2 aliphatic carbocycles. The van der Waals surface area contributed by atoms with Gasteiger partial charge in [-0.3, -0.25) is 29.5 Å². The predicted molar refractivity (Wildman–Crippen MR) is 191 cm³/mol. The molecule has 4 aromatic rings. The van der Waals surface area contributed by atoms with Gasteiger partial charge in [0.15, 0.2) is 11.6 Å². The summed E-state index contributed by atoms with van der Waals surface area (Å²) in [5.41, 5.74) is 3.81. The highest BCUT2D eigenvalue weighted by molar-refractivity contribution is 6.36. The van der Waals surface area contributed by atoms with Gasteiger partial charge < -0.3 is 9.84 Å². The Kier molecular flexibility index (Phi) is 8.34. The van der Waals surface area contributed by atoms with E-state index in [-0.39, 0.29) is 41.9 Å². The summed E-state index contributed by atoms with van der Waals surface area (Å²) < 4.78 is 20.8. The Morgan fingerprint density at radius 3 is 2.35 bits per heavy atom. The number of hydrazine groups is 1. The summed E-state index contributed by atoms with van der Waals surface area (Å²) >= 11 is 12.6. The van der Waals surface area contributed by atoms with Crippen LogP contribution in [0.5, 0.6) is 11.5 Å². The van der Waals surface area contributed by atoms with Gasteiger partial charge in [0.05, 0.1) is 47.5 Å². The molecule has 0 radical (unpaired) electrons. The Balaban J connectivity index is 1.31. The highest BCUT2D eigenvalue weighted by Crippen LogP contribution is 2.64. The fourth-order valence-electron chi connectivity index (χ4n) is 8.91. The second-order valence-electron chi connectivity index (χ2n) is 13.7. The minimum atomic E-state index is -1.65. The van der Waals surface area contributed by atoms with E-state index in [0.717, 1.165) is 10.6 Å². The van der Waals surface area contributed by atoms with Crippen molar-refractivity contribution in [3.05, 3.63) is 135 Å². The average Bonchev–Trinajstić information content (AvgIpc) is 3.51. The van der Waals surface area contributed by atoms with Crippen LogP contribution >= 0.6 is 23.2 Å². The topological polar surface area (TPSA) is 116 Å². The van der Waals surface area contributed by atoms with Crippen LogP contribution in [0.4, 0.5) is 10.1 Å². The van der Waals surface area contributed by atoms with Crippen LogP contribution in [0, 0.1) is 29.5 Å². The van der Waals surface area contributed by atoms with Crippen molar-refractivity contribution in [3.63, 3.8) is 0 Å². The van der Waals surface area contributed by atoms with Crippen molar-refractivity contribution in [2.45, 2.75) is 30.7 Å². The van der Waals surface area contributed by atoms with Gasteiger partial charge in [-0.05, 0) is 77.9 Å². The first-order valence-electron chi connectivity index (χ1n) is 16.9. The number of fused-ring (bicyclic) bond motifs is 4. The molecule has 0 bridgehead atoms. The van der Waals surface area contributed by atoms with E-state index in [1.165, 1.54) is 36.3 Å². The second kappa shape index (κ2) is 12.8. The number of rotatable bonds is 7.